The van der Waals surface area contributed by atoms with E-state index in [2.05, 4.69) is 207 Å². The zero-order chi connectivity index (χ0) is 36.7. The van der Waals surface area contributed by atoms with Gasteiger partial charge in [-0.1, -0.05) is 135 Å². The highest BCUT2D eigenvalue weighted by Gasteiger charge is 2.36. The van der Waals surface area contributed by atoms with Crippen molar-refractivity contribution >= 4 is 60.5 Å². The molecule has 10 aromatic rings. The maximum atomic E-state index is 6.69. The summed E-state index contributed by atoms with van der Waals surface area (Å²) >= 11 is 0. The zero-order valence-electron chi connectivity index (χ0n) is 30.8. The van der Waals surface area contributed by atoms with Crippen molar-refractivity contribution in [2.75, 3.05) is 4.90 Å². The number of fused-ring (bicyclic) bond motifs is 9. The van der Waals surface area contributed by atoms with Gasteiger partial charge in [0, 0.05) is 38.6 Å². The molecule has 0 N–H and O–H groups in total. The van der Waals surface area contributed by atoms with Crippen molar-refractivity contribution in [3.63, 3.8) is 0 Å². The molecule has 0 amide bonds. The molecular formula is C53H37NO. The van der Waals surface area contributed by atoms with Crippen molar-refractivity contribution in [1.82, 2.24) is 0 Å². The van der Waals surface area contributed by atoms with Crippen molar-refractivity contribution in [2.24, 2.45) is 0 Å². The summed E-state index contributed by atoms with van der Waals surface area (Å²) in [6.45, 7) is 4.71. The van der Waals surface area contributed by atoms with E-state index in [4.69, 9.17) is 4.42 Å². The lowest BCUT2D eigenvalue weighted by Gasteiger charge is -2.27. The highest BCUT2D eigenvalue weighted by Crippen LogP contribution is 2.52. The van der Waals surface area contributed by atoms with Crippen LogP contribution < -0.4 is 4.90 Å². The van der Waals surface area contributed by atoms with Crippen LogP contribution in [0.2, 0.25) is 0 Å². The van der Waals surface area contributed by atoms with Crippen LogP contribution >= 0.6 is 0 Å². The normalized spacial score (nSPS) is 13.1. The molecule has 1 aliphatic rings. The molecule has 0 aliphatic heterocycles. The average molecular weight is 704 g/mol. The molecule has 0 spiro atoms. The number of hydrogen-bond acceptors (Lipinski definition) is 2. The van der Waals surface area contributed by atoms with Gasteiger partial charge in [0.1, 0.15) is 11.2 Å². The Labute approximate surface area is 320 Å². The molecule has 0 saturated carbocycles. The summed E-state index contributed by atoms with van der Waals surface area (Å²) in [5.74, 6) is 0. The van der Waals surface area contributed by atoms with Crippen LogP contribution in [0.25, 0.3) is 76.9 Å². The third-order valence-corrected chi connectivity index (χ3v) is 11.8. The van der Waals surface area contributed by atoms with Gasteiger partial charge in [-0.25, -0.2) is 0 Å². The van der Waals surface area contributed by atoms with Gasteiger partial charge in [-0.05, 0) is 127 Å². The second-order valence-corrected chi connectivity index (χ2v) is 15.3. The van der Waals surface area contributed by atoms with E-state index in [1.54, 1.807) is 0 Å². The van der Waals surface area contributed by atoms with Crippen LogP contribution in [0.4, 0.5) is 17.1 Å². The van der Waals surface area contributed by atoms with Gasteiger partial charge in [-0.2, -0.15) is 0 Å². The summed E-state index contributed by atoms with van der Waals surface area (Å²) in [6.07, 6.45) is 0. The van der Waals surface area contributed by atoms with E-state index in [9.17, 15) is 0 Å². The van der Waals surface area contributed by atoms with E-state index in [1.165, 1.54) is 49.5 Å². The van der Waals surface area contributed by atoms with Crippen molar-refractivity contribution in [2.45, 2.75) is 19.3 Å². The molecule has 0 saturated heterocycles. The molecule has 0 fully saturated rings. The molecule has 0 atom stereocenters. The van der Waals surface area contributed by atoms with Crippen LogP contribution in [0, 0.1) is 0 Å². The van der Waals surface area contributed by atoms with E-state index in [1.807, 2.05) is 0 Å². The van der Waals surface area contributed by atoms with Gasteiger partial charge in [0.25, 0.3) is 0 Å². The molecule has 2 heteroatoms. The predicted octanol–water partition coefficient (Wildman–Crippen LogP) is 15.0. The Morgan fingerprint density at radius 1 is 0.382 bits per heavy atom. The van der Waals surface area contributed by atoms with Crippen LogP contribution in [-0.2, 0) is 5.41 Å². The lowest BCUT2D eigenvalue weighted by atomic mass is 9.82. The van der Waals surface area contributed by atoms with Crippen molar-refractivity contribution in [3.05, 3.63) is 199 Å². The minimum Gasteiger partial charge on any atom is -0.455 e. The lowest BCUT2D eigenvalue weighted by molar-refractivity contribution is 0.661. The first-order chi connectivity index (χ1) is 27.0. The first kappa shape index (κ1) is 31.6. The molecule has 1 heterocycles. The quantitative estimate of drug-likeness (QED) is 0.177. The highest BCUT2D eigenvalue weighted by atomic mass is 16.3. The smallest absolute Gasteiger partial charge is 0.143 e. The van der Waals surface area contributed by atoms with Crippen LogP contribution in [0.5, 0.6) is 0 Å². The molecule has 9 aromatic carbocycles. The fourth-order valence-electron chi connectivity index (χ4n) is 9.03. The van der Waals surface area contributed by atoms with Crippen molar-refractivity contribution < 1.29 is 4.42 Å². The van der Waals surface area contributed by atoms with Gasteiger partial charge in [-0.3, -0.25) is 0 Å². The van der Waals surface area contributed by atoms with Gasteiger partial charge in [0.2, 0.25) is 0 Å². The van der Waals surface area contributed by atoms with Crippen LogP contribution in [0.15, 0.2) is 192 Å². The van der Waals surface area contributed by atoms with Gasteiger partial charge in [0.05, 0.1) is 0 Å². The van der Waals surface area contributed by atoms with E-state index < -0.39 is 0 Å². The number of nitrogens with zero attached hydrogens (tertiary/aromatic N) is 1. The monoisotopic (exact) mass is 703 g/mol. The summed E-state index contributed by atoms with van der Waals surface area (Å²) in [5.41, 5.74) is 15.2. The molecule has 55 heavy (non-hydrogen) atoms. The number of para-hydroxylation sites is 1. The van der Waals surface area contributed by atoms with Gasteiger partial charge < -0.3 is 9.32 Å². The summed E-state index contributed by atoms with van der Waals surface area (Å²) in [7, 11) is 0. The summed E-state index contributed by atoms with van der Waals surface area (Å²) < 4.78 is 6.69. The van der Waals surface area contributed by atoms with Gasteiger partial charge in [0.15, 0.2) is 0 Å². The van der Waals surface area contributed by atoms with Gasteiger partial charge >= 0.3 is 0 Å². The Balaban J connectivity index is 0.995. The first-order valence-electron chi connectivity index (χ1n) is 19.1. The molecule has 1 aliphatic carbocycles. The van der Waals surface area contributed by atoms with E-state index in [-0.39, 0.29) is 5.41 Å². The van der Waals surface area contributed by atoms with Crippen molar-refractivity contribution in [3.8, 4) is 33.4 Å². The molecule has 0 bridgehead atoms. The number of benzene rings is 9. The molecular weight excluding hydrogens is 667 g/mol. The zero-order valence-corrected chi connectivity index (χ0v) is 30.8. The molecule has 0 radical (unpaired) electrons. The standard InChI is InChI=1S/C53H37NO/c1-53(2)49-28-26-41(32-47(49)46-29-36-15-9-10-16-37(36)30-50(46)53)54(39-17-7-4-8-18-39)40-24-21-34(22-25-40)38-23-27-43-48-33-45(35-13-5-3-6-14-35)42-19-11-12-20-44(42)52(48)55-51(43)31-38/h3-33H,1-2H3. The molecule has 260 valence electrons. The van der Waals surface area contributed by atoms with E-state index in [0.29, 0.717) is 0 Å². The molecule has 0 unspecified atom stereocenters. The Morgan fingerprint density at radius 2 is 1.00 bits per heavy atom. The van der Waals surface area contributed by atoms with Crippen LogP contribution in [-0.4, -0.2) is 0 Å². The molecule has 1 aromatic heterocycles. The summed E-state index contributed by atoms with van der Waals surface area (Å²) in [6, 6.07) is 68.3. The largest absolute Gasteiger partial charge is 0.455 e. The highest BCUT2D eigenvalue weighted by molar-refractivity contribution is 6.19. The van der Waals surface area contributed by atoms with Crippen LogP contribution in [0.1, 0.15) is 25.0 Å². The van der Waals surface area contributed by atoms with E-state index >= 15 is 0 Å². The van der Waals surface area contributed by atoms with E-state index in [0.717, 1.165) is 55.5 Å². The number of hydrogen-bond donors (Lipinski definition) is 0. The third kappa shape index (κ3) is 4.95. The lowest BCUT2D eigenvalue weighted by Crippen LogP contribution is -2.15. The SMILES string of the molecule is CC1(C)c2ccc(N(c3ccccc3)c3ccc(-c4ccc5c(c4)oc4c6ccccc6c(-c6ccccc6)cc54)cc3)cc2-c2cc3ccccc3cc21. The predicted molar refractivity (Wildman–Crippen MR) is 232 cm³/mol. The fourth-order valence-corrected chi connectivity index (χ4v) is 9.03. The average Bonchev–Trinajstić information content (AvgIpc) is 3.71. The molecule has 11 rings (SSSR count). The number of rotatable bonds is 5. The summed E-state index contributed by atoms with van der Waals surface area (Å²) in [5, 5.41) is 7.16. The molecule has 2 nitrogen and oxygen atoms in total. The summed E-state index contributed by atoms with van der Waals surface area (Å²) in [4.78, 5) is 2.37. The van der Waals surface area contributed by atoms with Crippen molar-refractivity contribution in [1.29, 1.82) is 0 Å². The fraction of sp³-hybridized carbons (Fsp3) is 0.0566. The Morgan fingerprint density at radius 3 is 1.78 bits per heavy atom. The Hall–Kier alpha value is -6.90. The third-order valence-electron chi connectivity index (χ3n) is 11.8. The Kier molecular flexibility index (Phi) is 6.93. The first-order valence-corrected chi connectivity index (χ1v) is 19.1. The Bertz CT molecular complexity index is 3100. The maximum Gasteiger partial charge on any atom is 0.143 e. The second kappa shape index (κ2) is 12.1. The van der Waals surface area contributed by atoms with Crippen LogP contribution in [0.3, 0.4) is 0 Å². The minimum absolute atomic E-state index is 0.0787. The maximum absolute atomic E-state index is 6.69. The minimum atomic E-state index is -0.0787. The number of anilines is 3. The van der Waals surface area contributed by atoms with Gasteiger partial charge in [-0.15, -0.1) is 0 Å². The number of furan rings is 1. The second-order valence-electron chi connectivity index (χ2n) is 15.3. The topological polar surface area (TPSA) is 16.4 Å².